The molecule has 1 heterocycles. The van der Waals surface area contributed by atoms with Gasteiger partial charge in [0.2, 0.25) is 10.0 Å². The Labute approximate surface area is 129 Å². The molecule has 1 aromatic carbocycles. The molecule has 2 rings (SSSR count). The van der Waals surface area contributed by atoms with Crippen molar-refractivity contribution in [2.45, 2.75) is 18.7 Å². The summed E-state index contributed by atoms with van der Waals surface area (Å²) in [6.45, 7) is 3.99. The molecular weight excluding hydrogens is 306 g/mol. The van der Waals surface area contributed by atoms with Gasteiger partial charge in [-0.25, -0.2) is 8.42 Å². The van der Waals surface area contributed by atoms with Crippen molar-refractivity contribution in [2.75, 3.05) is 13.1 Å². The molecule has 21 heavy (non-hydrogen) atoms. The zero-order valence-electron chi connectivity index (χ0n) is 11.9. The van der Waals surface area contributed by atoms with Gasteiger partial charge in [-0.15, -0.1) is 0 Å². The van der Waals surface area contributed by atoms with Gasteiger partial charge in [-0.2, -0.15) is 4.31 Å². The van der Waals surface area contributed by atoms with Crippen molar-refractivity contribution in [3.8, 4) is 0 Å². The summed E-state index contributed by atoms with van der Waals surface area (Å²) in [5, 5.41) is 0.610. The van der Waals surface area contributed by atoms with Gasteiger partial charge in [0.15, 0.2) is 0 Å². The standard InChI is InChI=1S/C14H17N3O2S2/c1-3-17(9-13(15)20)21(18,19)12-7-6-10(2)14-11(12)5-4-8-16-14/h4-8H,3,9H2,1-2H3,(H2,15,20). The van der Waals surface area contributed by atoms with Crippen molar-refractivity contribution in [1.82, 2.24) is 9.29 Å². The summed E-state index contributed by atoms with van der Waals surface area (Å²) in [6, 6.07) is 6.86. The second-order valence-electron chi connectivity index (χ2n) is 4.68. The fraction of sp³-hybridized carbons (Fsp3) is 0.286. The predicted molar refractivity (Wildman–Crippen MR) is 87.7 cm³/mol. The number of aryl methyl sites for hydroxylation is 1. The molecular formula is C14H17N3O2S2. The molecule has 0 aliphatic heterocycles. The quantitative estimate of drug-likeness (QED) is 0.850. The molecule has 0 unspecified atom stereocenters. The lowest BCUT2D eigenvalue weighted by Gasteiger charge is -2.21. The van der Waals surface area contributed by atoms with Crippen molar-refractivity contribution in [3.05, 3.63) is 36.0 Å². The van der Waals surface area contributed by atoms with Crippen LogP contribution in [0.25, 0.3) is 10.9 Å². The van der Waals surface area contributed by atoms with E-state index in [4.69, 9.17) is 18.0 Å². The molecule has 7 heteroatoms. The summed E-state index contributed by atoms with van der Waals surface area (Å²) in [6.07, 6.45) is 1.65. The molecule has 0 spiro atoms. The summed E-state index contributed by atoms with van der Waals surface area (Å²) in [4.78, 5) is 4.65. The zero-order valence-corrected chi connectivity index (χ0v) is 13.5. The van der Waals surface area contributed by atoms with E-state index >= 15 is 0 Å². The average molecular weight is 323 g/mol. The Balaban J connectivity index is 2.65. The minimum atomic E-state index is -3.66. The third-order valence-electron chi connectivity index (χ3n) is 3.23. The van der Waals surface area contributed by atoms with Crippen molar-refractivity contribution in [2.24, 2.45) is 5.73 Å². The van der Waals surface area contributed by atoms with E-state index in [9.17, 15) is 8.42 Å². The molecule has 0 bridgehead atoms. The van der Waals surface area contributed by atoms with Crippen LogP contribution in [0.2, 0.25) is 0 Å². The van der Waals surface area contributed by atoms with Crippen molar-refractivity contribution < 1.29 is 8.42 Å². The van der Waals surface area contributed by atoms with Gasteiger partial charge in [0.1, 0.15) is 0 Å². The number of nitrogens with two attached hydrogens (primary N) is 1. The van der Waals surface area contributed by atoms with Crippen LogP contribution in [-0.4, -0.2) is 35.8 Å². The lowest BCUT2D eigenvalue weighted by Crippen LogP contribution is -2.37. The Bertz CT molecular complexity index is 788. The van der Waals surface area contributed by atoms with Crippen LogP contribution in [0, 0.1) is 6.92 Å². The molecule has 5 nitrogen and oxygen atoms in total. The van der Waals surface area contributed by atoms with Crippen LogP contribution in [0.3, 0.4) is 0 Å². The molecule has 2 N–H and O–H groups in total. The van der Waals surface area contributed by atoms with E-state index in [1.165, 1.54) is 4.31 Å². The molecule has 0 radical (unpaired) electrons. The topological polar surface area (TPSA) is 76.3 Å². The number of likely N-dealkylation sites (N-methyl/N-ethyl adjacent to an activating group) is 1. The minimum absolute atomic E-state index is 0.0315. The van der Waals surface area contributed by atoms with Gasteiger partial charge in [-0.3, -0.25) is 4.98 Å². The van der Waals surface area contributed by atoms with E-state index in [1.807, 2.05) is 6.92 Å². The molecule has 0 atom stereocenters. The van der Waals surface area contributed by atoms with Crippen molar-refractivity contribution in [3.63, 3.8) is 0 Å². The van der Waals surface area contributed by atoms with Crippen LogP contribution in [0.15, 0.2) is 35.4 Å². The Morgan fingerprint density at radius 3 is 2.71 bits per heavy atom. The predicted octanol–water partition coefficient (Wildman–Crippen LogP) is 1.84. The Morgan fingerprint density at radius 1 is 1.38 bits per heavy atom. The van der Waals surface area contributed by atoms with E-state index < -0.39 is 10.0 Å². The summed E-state index contributed by atoms with van der Waals surface area (Å²) in [7, 11) is -3.66. The van der Waals surface area contributed by atoms with Gasteiger partial charge in [0, 0.05) is 18.1 Å². The highest BCUT2D eigenvalue weighted by Crippen LogP contribution is 2.26. The van der Waals surface area contributed by atoms with Crippen LogP contribution in [0.5, 0.6) is 0 Å². The van der Waals surface area contributed by atoms with E-state index in [0.29, 0.717) is 17.4 Å². The van der Waals surface area contributed by atoms with Crippen molar-refractivity contribution >= 4 is 38.1 Å². The number of pyridine rings is 1. The second kappa shape index (κ2) is 6.05. The third kappa shape index (κ3) is 3.04. The van der Waals surface area contributed by atoms with Gasteiger partial charge in [0.05, 0.1) is 21.9 Å². The van der Waals surface area contributed by atoms with Gasteiger partial charge < -0.3 is 5.73 Å². The van der Waals surface area contributed by atoms with Crippen LogP contribution in [-0.2, 0) is 10.0 Å². The minimum Gasteiger partial charge on any atom is -0.392 e. The van der Waals surface area contributed by atoms with Gasteiger partial charge in [-0.1, -0.05) is 25.2 Å². The second-order valence-corrected chi connectivity index (χ2v) is 7.11. The molecule has 112 valence electrons. The fourth-order valence-corrected chi connectivity index (χ4v) is 4.04. The summed E-state index contributed by atoms with van der Waals surface area (Å²) in [5.74, 6) is 0. The van der Waals surface area contributed by atoms with Crippen LogP contribution >= 0.6 is 12.2 Å². The number of nitrogens with zero attached hydrogens (tertiary/aromatic N) is 2. The number of aromatic nitrogens is 1. The maximum atomic E-state index is 12.8. The molecule has 0 saturated carbocycles. The number of hydrogen-bond acceptors (Lipinski definition) is 4. The molecule has 0 saturated heterocycles. The number of hydrogen-bond donors (Lipinski definition) is 1. The summed E-state index contributed by atoms with van der Waals surface area (Å²) in [5.41, 5.74) is 7.11. The largest absolute Gasteiger partial charge is 0.392 e. The molecule has 2 aromatic rings. The average Bonchev–Trinajstić information content (AvgIpc) is 2.44. The number of benzene rings is 1. The molecule has 0 amide bonds. The molecule has 0 aliphatic carbocycles. The maximum Gasteiger partial charge on any atom is 0.244 e. The highest BCUT2D eigenvalue weighted by atomic mass is 32.2. The first-order valence-corrected chi connectivity index (χ1v) is 8.35. The lowest BCUT2D eigenvalue weighted by atomic mass is 10.1. The maximum absolute atomic E-state index is 12.8. The van der Waals surface area contributed by atoms with Gasteiger partial charge in [-0.05, 0) is 30.7 Å². The first-order valence-electron chi connectivity index (χ1n) is 6.50. The van der Waals surface area contributed by atoms with Gasteiger partial charge >= 0.3 is 0 Å². The van der Waals surface area contributed by atoms with Crippen LogP contribution < -0.4 is 5.73 Å². The lowest BCUT2D eigenvalue weighted by molar-refractivity contribution is 0.468. The van der Waals surface area contributed by atoms with Crippen molar-refractivity contribution in [1.29, 1.82) is 0 Å². The zero-order chi connectivity index (χ0) is 15.6. The van der Waals surface area contributed by atoms with E-state index in [-0.39, 0.29) is 16.4 Å². The van der Waals surface area contributed by atoms with E-state index in [0.717, 1.165) is 5.56 Å². The highest BCUT2D eigenvalue weighted by molar-refractivity contribution is 7.89. The number of fused-ring (bicyclic) bond motifs is 1. The Kier molecular flexibility index (Phi) is 4.55. The van der Waals surface area contributed by atoms with Gasteiger partial charge in [0.25, 0.3) is 0 Å². The molecule has 1 aromatic heterocycles. The number of sulfonamides is 1. The molecule has 0 aliphatic rings. The SMILES string of the molecule is CCN(CC(N)=S)S(=O)(=O)c1ccc(C)c2ncccc12. The third-order valence-corrected chi connectivity index (χ3v) is 5.34. The summed E-state index contributed by atoms with van der Waals surface area (Å²) < 4.78 is 26.9. The number of rotatable bonds is 5. The van der Waals surface area contributed by atoms with E-state index in [1.54, 1.807) is 37.4 Å². The number of thiocarbonyl (C=S) groups is 1. The van der Waals surface area contributed by atoms with Crippen LogP contribution in [0.4, 0.5) is 0 Å². The van der Waals surface area contributed by atoms with Crippen LogP contribution in [0.1, 0.15) is 12.5 Å². The summed E-state index contributed by atoms with van der Waals surface area (Å²) >= 11 is 4.83. The smallest absolute Gasteiger partial charge is 0.244 e. The monoisotopic (exact) mass is 323 g/mol. The first-order chi connectivity index (χ1) is 9.87. The Morgan fingerprint density at radius 2 is 2.10 bits per heavy atom. The Hall–Kier alpha value is -1.57. The fourth-order valence-electron chi connectivity index (χ4n) is 2.19. The molecule has 0 fully saturated rings. The first kappa shape index (κ1) is 15.8. The van der Waals surface area contributed by atoms with E-state index in [2.05, 4.69) is 4.98 Å². The highest BCUT2D eigenvalue weighted by Gasteiger charge is 2.26. The normalized spacial score (nSPS) is 12.0.